The van der Waals surface area contributed by atoms with Crippen molar-refractivity contribution in [2.24, 2.45) is 0 Å². The van der Waals surface area contributed by atoms with E-state index in [1.807, 2.05) is 0 Å². The highest BCUT2D eigenvalue weighted by Crippen LogP contribution is 2.12. The van der Waals surface area contributed by atoms with Crippen LogP contribution >= 0.6 is 10.7 Å². The van der Waals surface area contributed by atoms with Crippen molar-refractivity contribution in [2.45, 2.75) is 17.9 Å². The second kappa shape index (κ2) is 6.95. The molecule has 0 saturated heterocycles. The summed E-state index contributed by atoms with van der Waals surface area (Å²) in [5, 5.41) is 3.86. The first-order chi connectivity index (χ1) is 8.04. The quantitative estimate of drug-likeness (QED) is 0.522. The van der Waals surface area contributed by atoms with E-state index in [2.05, 4.69) is 5.10 Å². The molecule has 0 N–H and O–H groups in total. The molecular formula is C9H15ClN2O4S. The Kier molecular flexibility index (Phi) is 5.90. The van der Waals surface area contributed by atoms with E-state index in [4.69, 9.17) is 20.2 Å². The van der Waals surface area contributed by atoms with Crippen LogP contribution in [0.25, 0.3) is 0 Å². The number of ether oxygens (including phenoxy) is 2. The minimum atomic E-state index is -3.69. The van der Waals surface area contributed by atoms with Crippen LogP contribution in [0.2, 0.25) is 0 Å². The van der Waals surface area contributed by atoms with Crippen molar-refractivity contribution in [1.29, 1.82) is 0 Å². The summed E-state index contributed by atoms with van der Waals surface area (Å²) in [5.74, 6) is 0. The largest absolute Gasteiger partial charge is 0.385 e. The van der Waals surface area contributed by atoms with Crippen molar-refractivity contribution in [1.82, 2.24) is 9.78 Å². The lowest BCUT2D eigenvalue weighted by atomic mass is 10.5. The molecule has 0 spiro atoms. The second-order valence-corrected chi connectivity index (χ2v) is 5.90. The molecule has 0 atom stereocenters. The molecule has 0 bridgehead atoms. The Morgan fingerprint density at radius 3 is 2.76 bits per heavy atom. The van der Waals surface area contributed by atoms with Crippen molar-refractivity contribution in [2.75, 3.05) is 26.9 Å². The average Bonchev–Trinajstić information content (AvgIpc) is 2.71. The van der Waals surface area contributed by atoms with Gasteiger partial charge >= 0.3 is 0 Å². The van der Waals surface area contributed by atoms with Crippen LogP contribution in [0.15, 0.2) is 17.3 Å². The zero-order valence-electron chi connectivity index (χ0n) is 9.50. The van der Waals surface area contributed by atoms with E-state index in [0.717, 1.165) is 6.42 Å². The summed E-state index contributed by atoms with van der Waals surface area (Å²) in [5.41, 5.74) is 0. The summed E-state index contributed by atoms with van der Waals surface area (Å²) in [4.78, 5) is -0.00134. The average molecular weight is 283 g/mol. The monoisotopic (exact) mass is 282 g/mol. The first-order valence-electron chi connectivity index (χ1n) is 5.08. The van der Waals surface area contributed by atoms with Gasteiger partial charge in [0.25, 0.3) is 9.05 Å². The number of rotatable bonds is 8. The van der Waals surface area contributed by atoms with Crippen LogP contribution in [0, 0.1) is 0 Å². The van der Waals surface area contributed by atoms with Gasteiger partial charge in [-0.05, 0) is 6.42 Å². The Hall–Kier alpha value is -0.630. The SMILES string of the molecule is COCCCOCCn1cc(S(=O)(=O)Cl)cn1. The van der Waals surface area contributed by atoms with Crippen LogP contribution in [0.3, 0.4) is 0 Å². The Bertz CT molecular complexity index is 432. The number of halogens is 1. The van der Waals surface area contributed by atoms with Crippen LogP contribution < -0.4 is 0 Å². The zero-order chi connectivity index (χ0) is 12.7. The van der Waals surface area contributed by atoms with Crippen molar-refractivity contribution in [3.05, 3.63) is 12.4 Å². The predicted molar refractivity (Wildman–Crippen MR) is 62.6 cm³/mol. The fourth-order valence-corrected chi connectivity index (χ4v) is 1.82. The number of nitrogens with zero attached hydrogens (tertiary/aromatic N) is 2. The maximum Gasteiger partial charge on any atom is 0.264 e. The van der Waals surface area contributed by atoms with Crippen molar-refractivity contribution < 1.29 is 17.9 Å². The summed E-state index contributed by atoms with van der Waals surface area (Å²) in [6.45, 7) is 2.22. The Morgan fingerprint density at radius 1 is 1.41 bits per heavy atom. The third kappa shape index (κ3) is 5.49. The standard InChI is InChI=1S/C9H15ClN2O4S/c1-15-4-2-5-16-6-3-12-8-9(7-11-12)17(10,13)14/h7-8H,2-6H2,1H3. The summed E-state index contributed by atoms with van der Waals surface area (Å²) < 4.78 is 33.6. The molecule has 0 aliphatic carbocycles. The van der Waals surface area contributed by atoms with Gasteiger partial charge in [-0.3, -0.25) is 4.68 Å². The molecule has 0 amide bonds. The molecule has 0 aromatic carbocycles. The van der Waals surface area contributed by atoms with Crippen LogP contribution in [0.1, 0.15) is 6.42 Å². The molecule has 1 aromatic heterocycles. The van der Waals surface area contributed by atoms with Gasteiger partial charge < -0.3 is 9.47 Å². The highest BCUT2D eigenvalue weighted by Gasteiger charge is 2.12. The van der Waals surface area contributed by atoms with Gasteiger partial charge in [-0.2, -0.15) is 5.10 Å². The molecule has 8 heteroatoms. The summed E-state index contributed by atoms with van der Waals surface area (Å²) in [6.07, 6.45) is 3.42. The van der Waals surface area contributed by atoms with E-state index in [-0.39, 0.29) is 4.90 Å². The molecule has 1 heterocycles. The number of hydrogen-bond acceptors (Lipinski definition) is 5. The van der Waals surface area contributed by atoms with Crippen LogP contribution in [0.5, 0.6) is 0 Å². The molecule has 0 radical (unpaired) electrons. The molecule has 6 nitrogen and oxygen atoms in total. The maximum atomic E-state index is 11.0. The first kappa shape index (κ1) is 14.4. The maximum absolute atomic E-state index is 11.0. The first-order valence-corrected chi connectivity index (χ1v) is 7.39. The fourth-order valence-electron chi connectivity index (χ4n) is 1.16. The van der Waals surface area contributed by atoms with Crippen molar-refractivity contribution >= 4 is 19.7 Å². The lowest BCUT2D eigenvalue weighted by Crippen LogP contribution is -2.08. The van der Waals surface area contributed by atoms with Gasteiger partial charge in [0.1, 0.15) is 4.90 Å². The van der Waals surface area contributed by atoms with E-state index in [0.29, 0.717) is 26.4 Å². The van der Waals surface area contributed by atoms with E-state index in [1.165, 1.54) is 17.1 Å². The summed E-state index contributed by atoms with van der Waals surface area (Å²) >= 11 is 0. The lowest BCUT2D eigenvalue weighted by Gasteiger charge is -2.03. The third-order valence-electron chi connectivity index (χ3n) is 1.99. The fraction of sp³-hybridized carbons (Fsp3) is 0.667. The predicted octanol–water partition coefficient (Wildman–Crippen LogP) is 0.864. The molecular weight excluding hydrogens is 268 g/mol. The molecule has 0 fully saturated rings. The number of aromatic nitrogens is 2. The highest BCUT2D eigenvalue weighted by atomic mass is 35.7. The van der Waals surface area contributed by atoms with Gasteiger partial charge in [-0.25, -0.2) is 8.42 Å². The summed E-state index contributed by atoms with van der Waals surface area (Å²) in [7, 11) is 3.11. The normalized spacial score (nSPS) is 11.9. The minimum absolute atomic E-state index is 0.00134. The van der Waals surface area contributed by atoms with Gasteiger partial charge in [0.05, 0.1) is 19.3 Å². The topological polar surface area (TPSA) is 70.4 Å². The van der Waals surface area contributed by atoms with Gasteiger partial charge in [0.15, 0.2) is 0 Å². The molecule has 0 aliphatic rings. The molecule has 0 saturated carbocycles. The Labute approximate surface area is 105 Å². The van der Waals surface area contributed by atoms with Gasteiger partial charge in [0, 0.05) is 37.2 Å². The van der Waals surface area contributed by atoms with E-state index >= 15 is 0 Å². The van der Waals surface area contributed by atoms with Gasteiger partial charge in [0.2, 0.25) is 0 Å². The summed E-state index contributed by atoms with van der Waals surface area (Å²) in [6, 6.07) is 0. The third-order valence-corrected chi connectivity index (χ3v) is 3.30. The van der Waals surface area contributed by atoms with E-state index in [1.54, 1.807) is 7.11 Å². The van der Waals surface area contributed by atoms with Crippen molar-refractivity contribution in [3.63, 3.8) is 0 Å². The van der Waals surface area contributed by atoms with Crippen LogP contribution in [0.4, 0.5) is 0 Å². The van der Waals surface area contributed by atoms with Gasteiger partial charge in [-0.15, -0.1) is 0 Å². The van der Waals surface area contributed by atoms with E-state index < -0.39 is 9.05 Å². The van der Waals surface area contributed by atoms with Crippen molar-refractivity contribution in [3.8, 4) is 0 Å². The van der Waals surface area contributed by atoms with Gasteiger partial charge in [-0.1, -0.05) is 0 Å². The lowest BCUT2D eigenvalue weighted by molar-refractivity contribution is 0.0961. The minimum Gasteiger partial charge on any atom is -0.385 e. The highest BCUT2D eigenvalue weighted by molar-refractivity contribution is 8.13. The van der Waals surface area contributed by atoms with Crippen LogP contribution in [-0.2, 0) is 25.1 Å². The molecule has 0 aliphatic heterocycles. The number of methoxy groups -OCH3 is 1. The molecule has 1 aromatic rings. The zero-order valence-corrected chi connectivity index (χ0v) is 11.1. The second-order valence-electron chi connectivity index (χ2n) is 3.34. The molecule has 17 heavy (non-hydrogen) atoms. The van der Waals surface area contributed by atoms with E-state index in [9.17, 15) is 8.42 Å². The van der Waals surface area contributed by atoms with Crippen LogP contribution in [-0.4, -0.2) is 45.1 Å². The Morgan fingerprint density at radius 2 is 2.18 bits per heavy atom. The molecule has 1 rings (SSSR count). The number of hydrogen-bond donors (Lipinski definition) is 0. The molecule has 98 valence electrons. The molecule has 0 unspecified atom stereocenters. The smallest absolute Gasteiger partial charge is 0.264 e. The Balaban J connectivity index is 2.26.